The Morgan fingerprint density at radius 3 is 2.40 bits per heavy atom. The van der Waals surface area contributed by atoms with Crippen LogP contribution < -0.4 is 0 Å². The number of hydrogen-bond donors (Lipinski definition) is 1. The van der Waals surface area contributed by atoms with Crippen molar-refractivity contribution >= 4 is 33.4 Å². The summed E-state index contributed by atoms with van der Waals surface area (Å²) in [6.07, 6.45) is 0. The smallest absolute Gasteiger partial charge is 0.275 e. The number of hydrogen-bond acceptors (Lipinski definition) is 3. The number of likely N-dealkylation sites (N-methyl/N-ethyl adjacent to an activating group) is 1. The van der Waals surface area contributed by atoms with E-state index in [1.807, 2.05) is 43.3 Å². The Balaban J connectivity index is 2.24. The van der Waals surface area contributed by atoms with E-state index in [2.05, 4.69) is 44.9 Å². The lowest BCUT2D eigenvalue weighted by molar-refractivity contribution is 0.0725. The third kappa shape index (κ3) is 5.30. The van der Waals surface area contributed by atoms with Gasteiger partial charge >= 0.3 is 0 Å². The van der Waals surface area contributed by atoms with Crippen molar-refractivity contribution in [2.45, 2.75) is 26.3 Å². The fourth-order valence-corrected chi connectivity index (χ4v) is 3.33. The minimum atomic E-state index is -0.0909. The molecule has 5 nitrogen and oxygen atoms in total. The molecule has 0 saturated heterocycles. The summed E-state index contributed by atoms with van der Waals surface area (Å²) in [6.45, 7) is 6.03. The van der Waals surface area contributed by atoms with E-state index >= 15 is 0 Å². The van der Waals surface area contributed by atoms with E-state index in [-0.39, 0.29) is 11.8 Å². The molecule has 0 unspecified atom stereocenters. The number of carbonyl (C=O) groups excluding carboxylic acids is 1. The third-order valence-electron chi connectivity index (χ3n) is 3.90. The molecule has 0 fully saturated rings. The number of benzene rings is 1. The normalized spacial score (nSPS) is 11.4. The van der Waals surface area contributed by atoms with Crippen LogP contribution in [0.15, 0.2) is 28.7 Å². The van der Waals surface area contributed by atoms with Crippen LogP contribution in [0.3, 0.4) is 0 Å². The van der Waals surface area contributed by atoms with E-state index in [9.17, 15) is 4.79 Å². The molecule has 0 aliphatic rings. The zero-order valence-electron chi connectivity index (χ0n) is 15.0. The molecule has 136 valence electrons. The standard InChI is InChI=1S/C18H24BrClN4O/c1-12(2)16-15(19)17(22-21-16)18(25)24(10-9-23(3)4)11-13-5-7-14(20)8-6-13/h5-8,12H,9-11H2,1-4H3,(H,21,22). The molecule has 25 heavy (non-hydrogen) atoms. The first kappa shape index (κ1) is 19.9. The summed E-state index contributed by atoms with van der Waals surface area (Å²) in [5, 5.41) is 7.90. The number of carbonyl (C=O) groups is 1. The lowest BCUT2D eigenvalue weighted by Crippen LogP contribution is -2.36. The fraction of sp³-hybridized carbons (Fsp3) is 0.444. The van der Waals surface area contributed by atoms with Crippen LogP contribution in [-0.2, 0) is 6.54 Å². The van der Waals surface area contributed by atoms with Gasteiger partial charge in [-0.2, -0.15) is 5.10 Å². The molecular weight excluding hydrogens is 404 g/mol. The Morgan fingerprint density at radius 2 is 1.88 bits per heavy atom. The maximum atomic E-state index is 13.1. The Hall–Kier alpha value is -1.37. The molecule has 7 heteroatoms. The van der Waals surface area contributed by atoms with Gasteiger partial charge < -0.3 is 9.80 Å². The molecule has 1 aromatic heterocycles. The van der Waals surface area contributed by atoms with Gasteiger partial charge in [-0.1, -0.05) is 37.6 Å². The van der Waals surface area contributed by atoms with Gasteiger partial charge in [0.05, 0.1) is 10.2 Å². The summed E-state index contributed by atoms with van der Waals surface area (Å²) in [5.41, 5.74) is 2.39. The first-order chi connectivity index (χ1) is 11.8. The summed E-state index contributed by atoms with van der Waals surface area (Å²) < 4.78 is 0.749. The Morgan fingerprint density at radius 1 is 1.24 bits per heavy atom. The molecule has 1 N–H and O–H groups in total. The maximum absolute atomic E-state index is 13.1. The predicted octanol–water partition coefficient (Wildman–Crippen LogP) is 4.15. The number of nitrogens with one attached hydrogen (secondary N) is 1. The van der Waals surface area contributed by atoms with E-state index in [0.29, 0.717) is 23.8 Å². The summed E-state index contributed by atoms with van der Waals surface area (Å²) >= 11 is 9.48. The van der Waals surface area contributed by atoms with Gasteiger partial charge in [0, 0.05) is 24.7 Å². The number of rotatable bonds is 7. The summed E-state index contributed by atoms with van der Waals surface area (Å²) in [7, 11) is 3.98. The molecule has 0 spiro atoms. The van der Waals surface area contributed by atoms with Crippen molar-refractivity contribution in [1.82, 2.24) is 20.0 Å². The fourth-order valence-electron chi connectivity index (χ4n) is 2.40. The molecule has 0 bridgehead atoms. The highest BCUT2D eigenvalue weighted by molar-refractivity contribution is 9.10. The highest BCUT2D eigenvalue weighted by Gasteiger charge is 2.24. The Labute approximate surface area is 162 Å². The van der Waals surface area contributed by atoms with E-state index in [1.54, 1.807) is 0 Å². The van der Waals surface area contributed by atoms with Crippen molar-refractivity contribution < 1.29 is 4.79 Å². The van der Waals surface area contributed by atoms with Crippen LogP contribution >= 0.6 is 27.5 Å². The first-order valence-electron chi connectivity index (χ1n) is 8.21. The van der Waals surface area contributed by atoms with E-state index < -0.39 is 0 Å². The van der Waals surface area contributed by atoms with Crippen LogP contribution in [0, 0.1) is 0 Å². The Kier molecular flexibility index (Phi) is 7.04. The van der Waals surface area contributed by atoms with Gasteiger partial charge in [-0.15, -0.1) is 0 Å². The molecule has 2 aromatic rings. The van der Waals surface area contributed by atoms with E-state index in [0.717, 1.165) is 22.3 Å². The van der Waals surface area contributed by atoms with Crippen molar-refractivity contribution in [2.24, 2.45) is 0 Å². The van der Waals surface area contributed by atoms with Crippen molar-refractivity contribution in [3.8, 4) is 0 Å². The molecule has 0 aliphatic heterocycles. The summed E-state index contributed by atoms with van der Waals surface area (Å²) in [5.74, 6) is 0.168. The molecule has 1 heterocycles. The molecular formula is C18H24BrClN4O. The van der Waals surface area contributed by atoms with Gasteiger partial charge in [-0.25, -0.2) is 0 Å². The summed E-state index contributed by atoms with van der Waals surface area (Å²) in [4.78, 5) is 16.9. The first-order valence-corrected chi connectivity index (χ1v) is 9.39. The molecule has 1 amide bonds. The molecule has 0 aliphatic carbocycles. The topological polar surface area (TPSA) is 52.2 Å². The minimum absolute atomic E-state index is 0.0909. The SMILES string of the molecule is CC(C)c1[nH]nc(C(=O)N(CCN(C)C)Cc2ccc(Cl)cc2)c1Br. The number of aromatic amines is 1. The quantitative estimate of drug-likeness (QED) is 0.722. The number of halogens is 2. The van der Waals surface area contributed by atoms with Gasteiger partial charge in [0.2, 0.25) is 0 Å². The minimum Gasteiger partial charge on any atom is -0.332 e. The van der Waals surface area contributed by atoms with Gasteiger partial charge in [-0.3, -0.25) is 9.89 Å². The number of nitrogens with zero attached hydrogens (tertiary/aromatic N) is 3. The van der Waals surface area contributed by atoms with E-state index in [4.69, 9.17) is 11.6 Å². The third-order valence-corrected chi connectivity index (χ3v) is 4.96. The van der Waals surface area contributed by atoms with Crippen LogP contribution in [0.1, 0.15) is 41.5 Å². The van der Waals surface area contributed by atoms with Gasteiger partial charge in [0.1, 0.15) is 0 Å². The lowest BCUT2D eigenvalue weighted by atomic mass is 10.1. The Bertz CT molecular complexity index is 712. The molecule has 0 radical (unpaired) electrons. The van der Waals surface area contributed by atoms with Crippen molar-refractivity contribution in [2.75, 3.05) is 27.2 Å². The highest BCUT2D eigenvalue weighted by atomic mass is 79.9. The predicted molar refractivity (Wildman–Crippen MR) is 105 cm³/mol. The molecule has 2 rings (SSSR count). The zero-order valence-corrected chi connectivity index (χ0v) is 17.4. The van der Waals surface area contributed by atoms with Crippen molar-refractivity contribution in [3.05, 3.63) is 50.7 Å². The monoisotopic (exact) mass is 426 g/mol. The second kappa shape index (κ2) is 8.83. The number of H-pyrrole nitrogens is 1. The average Bonchev–Trinajstić information content (AvgIpc) is 2.94. The zero-order chi connectivity index (χ0) is 18.6. The van der Waals surface area contributed by atoms with Gasteiger partial charge in [-0.05, 0) is 53.6 Å². The maximum Gasteiger partial charge on any atom is 0.275 e. The highest BCUT2D eigenvalue weighted by Crippen LogP contribution is 2.26. The van der Waals surface area contributed by atoms with E-state index in [1.165, 1.54) is 0 Å². The van der Waals surface area contributed by atoms with Crippen molar-refractivity contribution in [3.63, 3.8) is 0 Å². The molecule has 0 saturated carbocycles. The van der Waals surface area contributed by atoms with Gasteiger partial charge in [0.15, 0.2) is 5.69 Å². The molecule has 0 atom stereocenters. The second-order valence-electron chi connectivity index (χ2n) is 6.61. The number of amides is 1. The van der Waals surface area contributed by atoms with Crippen LogP contribution in [0.2, 0.25) is 5.02 Å². The van der Waals surface area contributed by atoms with Crippen molar-refractivity contribution in [1.29, 1.82) is 0 Å². The summed E-state index contributed by atoms with van der Waals surface area (Å²) in [6, 6.07) is 7.56. The van der Waals surface area contributed by atoms with Crippen LogP contribution in [0.25, 0.3) is 0 Å². The van der Waals surface area contributed by atoms with Crippen LogP contribution in [0.5, 0.6) is 0 Å². The number of aromatic nitrogens is 2. The average molecular weight is 428 g/mol. The largest absolute Gasteiger partial charge is 0.332 e. The van der Waals surface area contributed by atoms with Crippen LogP contribution in [0.4, 0.5) is 0 Å². The second-order valence-corrected chi connectivity index (χ2v) is 7.84. The molecule has 1 aromatic carbocycles. The van der Waals surface area contributed by atoms with Gasteiger partial charge in [0.25, 0.3) is 5.91 Å². The lowest BCUT2D eigenvalue weighted by Gasteiger charge is -2.24. The van der Waals surface area contributed by atoms with Crippen LogP contribution in [-0.4, -0.2) is 53.1 Å².